The van der Waals surface area contributed by atoms with Gasteiger partial charge >= 0.3 is 0 Å². The van der Waals surface area contributed by atoms with E-state index in [9.17, 15) is 4.79 Å². The Morgan fingerprint density at radius 1 is 0.857 bits per heavy atom. The fourth-order valence-corrected chi connectivity index (χ4v) is 2.90. The predicted octanol–water partition coefficient (Wildman–Crippen LogP) is 4.69. The first-order valence-electron chi connectivity index (χ1n) is 9.37. The molecule has 0 aliphatic rings. The number of benzene rings is 3. The van der Waals surface area contributed by atoms with E-state index in [1.165, 1.54) is 5.56 Å². The quantitative estimate of drug-likeness (QED) is 0.581. The van der Waals surface area contributed by atoms with E-state index in [1.54, 1.807) is 6.07 Å². The Hall–Kier alpha value is -3.27. The van der Waals surface area contributed by atoms with Crippen molar-refractivity contribution in [2.45, 2.75) is 20.5 Å². The summed E-state index contributed by atoms with van der Waals surface area (Å²) >= 11 is 0. The van der Waals surface area contributed by atoms with Crippen molar-refractivity contribution in [3.8, 4) is 11.5 Å². The fourth-order valence-electron chi connectivity index (χ4n) is 2.90. The van der Waals surface area contributed by atoms with Gasteiger partial charge in [-0.1, -0.05) is 60.2 Å². The van der Waals surface area contributed by atoms with Crippen LogP contribution in [0.5, 0.6) is 11.5 Å². The van der Waals surface area contributed by atoms with Gasteiger partial charge in [0.05, 0.1) is 12.1 Å². The first-order valence-corrected chi connectivity index (χ1v) is 9.37. The third-order valence-electron chi connectivity index (χ3n) is 4.34. The van der Waals surface area contributed by atoms with E-state index in [0.29, 0.717) is 31.1 Å². The Bertz CT molecular complexity index is 922. The minimum absolute atomic E-state index is 0.173. The monoisotopic (exact) mass is 375 g/mol. The van der Waals surface area contributed by atoms with Crippen molar-refractivity contribution in [1.82, 2.24) is 5.32 Å². The second-order valence-corrected chi connectivity index (χ2v) is 6.64. The molecule has 0 heterocycles. The first kappa shape index (κ1) is 19.5. The number of carbonyl (C=O) groups is 1. The third kappa shape index (κ3) is 5.36. The van der Waals surface area contributed by atoms with Crippen LogP contribution in [0.2, 0.25) is 0 Å². The summed E-state index contributed by atoms with van der Waals surface area (Å²) in [6, 6.07) is 23.2. The topological polar surface area (TPSA) is 47.6 Å². The van der Waals surface area contributed by atoms with Gasteiger partial charge in [-0.25, -0.2) is 0 Å². The van der Waals surface area contributed by atoms with Gasteiger partial charge in [0.25, 0.3) is 5.91 Å². The molecule has 0 spiro atoms. The van der Waals surface area contributed by atoms with E-state index < -0.39 is 0 Å². The molecule has 0 bridgehead atoms. The third-order valence-corrected chi connectivity index (χ3v) is 4.34. The highest BCUT2D eigenvalue weighted by atomic mass is 16.5. The van der Waals surface area contributed by atoms with Crippen molar-refractivity contribution in [3.63, 3.8) is 0 Å². The molecule has 0 fully saturated rings. The van der Waals surface area contributed by atoms with Crippen LogP contribution in [0.1, 0.15) is 27.0 Å². The van der Waals surface area contributed by atoms with Crippen LogP contribution in [0.4, 0.5) is 0 Å². The molecule has 1 amide bonds. The molecule has 4 heteroatoms. The van der Waals surface area contributed by atoms with Crippen LogP contribution < -0.4 is 14.8 Å². The zero-order valence-corrected chi connectivity index (χ0v) is 16.3. The summed E-state index contributed by atoms with van der Waals surface area (Å²) in [4.78, 5) is 12.6. The molecule has 0 unspecified atom stereocenters. The molecule has 144 valence electrons. The van der Waals surface area contributed by atoms with Gasteiger partial charge in [0.2, 0.25) is 0 Å². The van der Waals surface area contributed by atoms with Crippen LogP contribution in [0, 0.1) is 13.8 Å². The maximum absolute atomic E-state index is 12.6. The Morgan fingerprint density at radius 2 is 1.61 bits per heavy atom. The molecular formula is C24H25NO3. The lowest BCUT2D eigenvalue weighted by atomic mass is 10.1. The number of hydrogen-bond donors (Lipinski definition) is 1. The van der Waals surface area contributed by atoms with Gasteiger partial charge in [0.15, 0.2) is 0 Å². The first-order chi connectivity index (χ1) is 13.6. The Morgan fingerprint density at radius 3 is 2.39 bits per heavy atom. The second-order valence-electron chi connectivity index (χ2n) is 6.64. The highest BCUT2D eigenvalue weighted by molar-refractivity contribution is 5.96. The molecule has 0 aliphatic carbocycles. The largest absolute Gasteiger partial charge is 0.491 e. The smallest absolute Gasteiger partial charge is 0.255 e. The zero-order valence-electron chi connectivity index (χ0n) is 16.3. The molecule has 0 atom stereocenters. The summed E-state index contributed by atoms with van der Waals surface area (Å²) in [5.41, 5.74) is 3.86. The van der Waals surface area contributed by atoms with E-state index in [1.807, 2.05) is 74.5 Å². The van der Waals surface area contributed by atoms with Crippen LogP contribution in [0.15, 0.2) is 72.8 Å². The maximum Gasteiger partial charge on any atom is 0.255 e. The van der Waals surface area contributed by atoms with E-state index in [2.05, 4.69) is 11.4 Å². The van der Waals surface area contributed by atoms with Gasteiger partial charge in [-0.3, -0.25) is 4.79 Å². The molecule has 1 N–H and O–H groups in total. The Kier molecular flexibility index (Phi) is 6.68. The fraction of sp³-hybridized carbons (Fsp3) is 0.208. The van der Waals surface area contributed by atoms with Crippen molar-refractivity contribution >= 4 is 5.91 Å². The highest BCUT2D eigenvalue weighted by Crippen LogP contribution is 2.20. The van der Waals surface area contributed by atoms with Crippen molar-refractivity contribution in [3.05, 3.63) is 95.1 Å². The molecule has 4 nitrogen and oxygen atoms in total. The molecule has 3 aromatic rings. The minimum Gasteiger partial charge on any atom is -0.491 e. The molecular weight excluding hydrogens is 350 g/mol. The second kappa shape index (κ2) is 9.60. The average Bonchev–Trinajstić information content (AvgIpc) is 2.72. The van der Waals surface area contributed by atoms with E-state index >= 15 is 0 Å². The zero-order chi connectivity index (χ0) is 19.8. The Balaban J connectivity index is 1.52. The lowest BCUT2D eigenvalue weighted by molar-refractivity contribution is 0.0942. The van der Waals surface area contributed by atoms with Crippen molar-refractivity contribution < 1.29 is 14.3 Å². The molecule has 0 aromatic heterocycles. The molecule has 0 saturated carbocycles. The Labute approximate surface area is 166 Å². The van der Waals surface area contributed by atoms with Gasteiger partial charge in [0.1, 0.15) is 24.7 Å². The van der Waals surface area contributed by atoms with Crippen molar-refractivity contribution in [1.29, 1.82) is 0 Å². The number of rotatable bonds is 8. The minimum atomic E-state index is -0.173. The van der Waals surface area contributed by atoms with E-state index in [4.69, 9.17) is 9.47 Å². The van der Waals surface area contributed by atoms with Crippen LogP contribution in [-0.2, 0) is 6.61 Å². The van der Waals surface area contributed by atoms with E-state index in [0.717, 1.165) is 16.9 Å². The summed E-state index contributed by atoms with van der Waals surface area (Å²) in [5.74, 6) is 1.23. The molecule has 3 rings (SSSR count). The molecule has 0 saturated heterocycles. The standard InChI is InChI=1S/C24H25NO3/c1-18-12-13-22(19(2)16-18)27-15-14-25-24(26)21-10-6-7-11-23(21)28-17-20-8-4-3-5-9-20/h3-13,16H,14-15,17H2,1-2H3,(H,25,26). The van der Waals surface area contributed by atoms with E-state index in [-0.39, 0.29) is 5.91 Å². The van der Waals surface area contributed by atoms with Crippen LogP contribution in [0.3, 0.4) is 0 Å². The number of hydrogen-bond acceptors (Lipinski definition) is 3. The summed E-state index contributed by atoms with van der Waals surface area (Å²) in [6.45, 7) is 5.30. The van der Waals surface area contributed by atoms with Crippen LogP contribution in [-0.4, -0.2) is 19.1 Å². The number of para-hydroxylation sites is 1. The lowest BCUT2D eigenvalue weighted by Gasteiger charge is -2.13. The molecule has 3 aromatic carbocycles. The van der Waals surface area contributed by atoms with Gasteiger partial charge in [-0.15, -0.1) is 0 Å². The summed E-state index contributed by atoms with van der Waals surface area (Å²) in [5, 5.41) is 2.89. The number of carbonyl (C=O) groups excluding carboxylic acids is 1. The van der Waals surface area contributed by atoms with Gasteiger partial charge in [-0.05, 0) is 43.2 Å². The number of aryl methyl sites for hydroxylation is 2. The van der Waals surface area contributed by atoms with Crippen LogP contribution >= 0.6 is 0 Å². The predicted molar refractivity (Wildman–Crippen MR) is 111 cm³/mol. The number of amides is 1. The lowest BCUT2D eigenvalue weighted by Crippen LogP contribution is -2.28. The SMILES string of the molecule is Cc1ccc(OCCNC(=O)c2ccccc2OCc2ccccc2)c(C)c1. The number of nitrogens with one attached hydrogen (secondary N) is 1. The van der Waals surface area contributed by atoms with Gasteiger partial charge in [-0.2, -0.15) is 0 Å². The summed E-state index contributed by atoms with van der Waals surface area (Å²) < 4.78 is 11.6. The van der Waals surface area contributed by atoms with Crippen molar-refractivity contribution in [2.75, 3.05) is 13.2 Å². The summed E-state index contributed by atoms with van der Waals surface area (Å²) in [6.07, 6.45) is 0. The molecule has 0 aliphatic heterocycles. The van der Waals surface area contributed by atoms with Gasteiger partial charge < -0.3 is 14.8 Å². The summed E-state index contributed by atoms with van der Waals surface area (Å²) in [7, 11) is 0. The average molecular weight is 375 g/mol. The maximum atomic E-state index is 12.6. The number of ether oxygens (including phenoxy) is 2. The van der Waals surface area contributed by atoms with Crippen LogP contribution in [0.25, 0.3) is 0 Å². The normalized spacial score (nSPS) is 10.4. The highest BCUT2D eigenvalue weighted by Gasteiger charge is 2.12. The molecule has 0 radical (unpaired) electrons. The van der Waals surface area contributed by atoms with Crippen molar-refractivity contribution in [2.24, 2.45) is 0 Å². The van der Waals surface area contributed by atoms with Gasteiger partial charge in [0, 0.05) is 0 Å². The molecule has 28 heavy (non-hydrogen) atoms.